The maximum atomic E-state index is 14.2. The van der Waals surface area contributed by atoms with Crippen molar-refractivity contribution in [2.24, 2.45) is 0 Å². The quantitative estimate of drug-likeness (QED) is 0.771. The third kappa shape index (κ3) is 3.54. The van der Waals surface area contributed by atoms with Crippen LogP contribution in [0.5, 0.6) is 17.2 Å². The van der Waals surface area contributed by atoms with Crippen molar-refractivity contribution >= 4 is 17.5 Å². The van der Waals surface area contributed by atoms with Gasteiger partial charge in [-0.2, -0.15) is 0 Å². The van der Waals surface area contributed by atoms with Gasteiger partial charge in [0.25, 0.3) is 5.91 Å². The van der Waals surface area contributed by atoms with Gasteiger partial charge in [0.2, 0.25) is 5.75 Å². The number of nitrogens with zero attached hydrogens (tertiary/aromatic N) is 1. The molecule has 7 heteroatoms. The molecule has 0 radical (unpaired) electrons. The second-order valence-electron chi connectivity index (χ2n) is 6.57. The molecule has 1 amide bonds. The second kappa shape index (κ2) is 7.27. The molecule has 1 saturated carbocycles. The fourth-order valence-corrected chi connectivity index (χ4v) is 3.39. The van der Waals surface area contributed by atoms with Crippen LogP contribution in [0.2, 0.25) is 5.02 Å². The van der Waals surface area contributed by atoms with E-state index in [0.29, 0.717) is 46.6 Å². The largest absolute Gasteiger partial charge is 0.493 e. The van der Waals surface area contributed by atoms with Crippen LogP contribution in [0.4, 0.5) is 4.39 Å². The maximum Gasteiger partial charge on any atom is 0.254 e. The van der Waals surface area contributed by atoms with Gasteiger partial charge in [-0.15, -0.1) is 0 Å². The number of amides is 1. The lowest BCUT2D eigenvalue weighted by Gasteiger charge is -2.25. The third-order valence-electron chi connectivity index (χ3n) is 4.71. The minimum atomic E-state index is -0.416. The van der Waals surface area contributed by atoms with Crippen molar-refractivity contribution in [3.8, 4) is 17.2 Å². The third-order valence-corrected chi connectivity index (χ3v) is 5.07. The van der Waals surface area contributed by atoms with E-state index in [1.807, 2.05) is 0 Å². The topological polar surface area (TPSA) is 48.0 Å². The molecule has 0 aromatic heterocycles. The molecule has 142 valence electrons. The first kappa shape index (κ1) is 17.9. The van der Waals surface area contributed by atoms with Crippen LogP contribution < -0.4 is 14.2 Å². The SMILES string of the molecule is COc1cc(C(=O)N(Cc2c(F)cccc2Cl)C2CC2)cc2c1OCCO2. The lowest BCUT2D eigenvalue weighted by atomic mass is 10.1. The first-order valence-corrected chi connectivity index (χ1v) is 9.17. The van der Waals surface area contributed by atoms with Crippen molar-refractivity contribution < 1.29 is 23.4 Å². The Hall–Kier alpha value is -2.47. The van der Waals surface area contributed by atoms with Crippen LogP contribution in [0.25, 0.3) is 0 Å². The summed E-state index contributed by atoms with van der Waals surface area (Å²) in [5.74, 6) is 0.780. The molecule has 5 nitrogen and oxygen atoms in total. The van der Waals surface area contributed by atoms with Gasteiger partial charge in [-0.1, -0.05) is 17.7 Å². The minimum absolute atomic E-state index is 0.0763. The summed E-state index contributed by atoms with van der Waals surface area (Å²) < 4.78 is 30.8. The smallest absolute Gasteiger partial charge is 0.254 e. The van der Waals surface area contributed by atoms with E-state index in [2.05, 4.69) is 0 Å². The van der Waals surface area contributed by atoms with Gasteiger partial charge in [-0.05, 0) is 37.1 Å². The summed E-state index contributed by atoms with van der Waals surface area (Å²) in [6.07, 6.45) is 1.78. The Kier molecular flexibility index (Phi) is 4.83. The number of ether oxygens (including phenoxy) is 3. The molecule has 0 saturated heterocycles. The van der Waals surface area contributed by atoms with E-state index in [4.69, 9.17) is 25.8 Å². The first-order chi connectivity index (χ1) is 13.1. The zero-order chi connectivity index (χ0) is 19.0. The summed E-state index contributed by atoms with van der Waals surface area (Å²) in [5, 5.41) is 0.313. The van der Waals surface area contributed by atoms with E-state index >= 15 is 0 Å². The average Bonchev–Trinajstić information content (AvgIpc) is 3.51. The molecule has 2 aromatic carbocycles. The maximum absolute atomic E-state index is 14.2. The van der Waals surface area contributed by atoms with Crippen LogP contribution in [0.3, 0.4) is 0 Å². The predicted octanol–water partition coefficient (Wildman–Crippen LogP) is 4.06. The summed E-state index contributed by atoms with van der Waals surface area (Å²) in [7, 11) is 1.51. The molecule has 0 atom stereocenters. The number of fused-ring (bicyclic) bond motifs is 1. The van der Waals surface area contributed by atoms with Gasteiger partial charge >= 0.3 is 0 Å². The van der Waals surface area contributed by atoms with Crippen molar-refractivity contribution in [3.63, 3.8) is 0 Å². The number of halogens is 2. The number of hydrogen-bond acceptors (Lipinski definition) is 4. The fraction of sp³-hybridized carbons (Fsp3) is 0.350. The summed E-state index contributed by atoms with van der Waals surface area (Å²) >= 11 is 6.16. The highest BCUT2D eigenvalue weighted by Crippen LogP contribution is 2.41. The van der Waals surface area contributed by atoms with E-state index in [1.165, 1.54) is 13.2 Å². The molecule has 1 fully saturated rings. The molecule has 4 rings (SSSR count). The van der Waals surface area contributed by atoms with Gasteiger partial charge in [0.05, 0.1) is 13.7 Å². The number of benzene rings is 2. The molecule has 0 bridgehead atoms. The molecule has 1 aliphatic carbocycles. The van der Waals surface area contributed by atoms with Gasteiger partial charge in [0.1, 0.15) is 19.0 Å². The Morgan fingerprint density at radius 2 is 2.07 bits per heavy atom. The van der Waals surface area contributed by atoms with Crippen molar-refractivity contribution in [2.45, 2.75) is 25.4 Å². The summed E-state index contributed by atoms with van der Waals surface area (Å²) in [4.78, 5) is 14.9. The molecule has 0 spiro atoms. The van der Waals surface area contributed by atoms with Gasteiger partial charge < -0.3 is 19.1 Å². The van der Waals surface area contributed by atoms with Crippen molar-refractivity contribution in [1.29, 1.82) is 0 Å². The zero-order valence-corrected chi connectivity index (χ0v) is 15.6. The summed E-state index contributed by atoms with van der Waals surface area (Å²) in [6.45, 7) is 0.952. The summed E-state index contributed by atoms with van der Waals surface area (Å²) in [6, 6.07) is 7.89. The number of carbonyl (C=O) groups is 1. The molecule has 27 heavy (non-hydrogen) atoms. The zero-order valence-electron chi connectivity index (χ0n) is 14.8. The Morgan fingerprint density at radius 1 is 1.30 bits per heavy atom. The lowest BCUT2D eigenvalue weighted by Crippen LogP contribution is -2.33. The van der Waals surface area contributed by atoms with E-state index in [1.54, 1.807) is 29.2 Å². The van der Waals surface area contributed by atoms with E-state index < -0.39 is 5.82 Å². The highest BCUT2D eigenvalue weighted by Gasteiger charge is 2.35. The monoisotopic (exact) mass is 391 g/mol. The van der Waals surface area contributed by atoms with Crippen LogP contribution in [-0.4, -0.2) is 37.2 Å². The minimum Gasteiger partial charge on any atom is -0.493 e. The molecular weight excluding hydrogens is 373 g/mol. The van der Waals surface area contributed by atoms with Gasteiger partial charge in [0.15, 0.2) is 11.5 Å². The first-order valence-electron chi connectivity index (χ1n) is 8.80. The standard InChI is InChI=1S/C20H19ClFNO4/c1-25-17-9-12(10-18-19(17)27-8-7-26-18)20(24)23(13-5-6-13)11-14-15(21)3-2-4-16(14)22/h2-4,9-10,13H,5-8,11H2,1H3. The van der Waals surface area contributed by atoms with E-state index in [-0.39, 0.29) is 18.5 Å². The Morgan fingerprint density at radius 3 is 2.78 bits per heavy atom. The number of rotatable bonds is 5. The number of hydrogen-bond donors (Lipinski definition) is 0. The van der Waals surface area contributed by atoms with Crippen LogP contribution in [0.1, 0.15) is 28.8 Å². The van der Waals surface area contributed by atoms with Gasteiger partial charge in [0, 0.05) is 22.2 Å². The highest BCUT2D eigenvalue weighted by atomic mass is 35.5. The molecule has 1 aliphatic heterocycles. The Labute approximate surface area is 161 Å². The van der Waals surface area contributed by atoms with Gasteiger partial charge in [-0.3, -0.25) is 4.79 Å². The van der Waals surface area contributed by atoms with Crippen LogP contribution in [0.15, 0.2) is 30.3 Å². The van der Waals surface area contributed by atoms with Crippen LogP contribution in [0, 0.1) is 5.82 Å². The summed E-state index contributed by atoms with van der Waals surface area (Å²) in [5.41, 5.74) is 0.736. The van der Waals surface area contributed by atoms with Crippen molar-refractivity contribution in [2.75, 3.05) is 20.3 Å². The Bertz CT molecular complexity index is 847. The van der Waals surface area contributed by atoms with Crippen molar-refractivity contribution in [1.82, 2.24) is 4.90 Å². The predicted molar refractivity (Wildman–Crippen MR) is 98.3 cm³/mol. The van der Waals surface area contributed by atoms with Crippen LogP contribution in [-0.2, 0) is 6.54 Å². The molecule has 1 heterocycles. The molecule has 2 aliphatic rings. The lowest BCUT2D eigenvalue weighted by molar-refractivity contribution is 0.0726. The fourth-order valence-electron chi connectivity index (χ4n) is 3.17. The molecular formula is C20H19ClFNO4. The normalized spacial score (nSPS) is 15.4. The van der Waals surface area contributed by atoms with Crippen molar-refractivity contribution in [3.05, 3.63) is 52.3 Å². The molecule has 0 N–H and O–H groups in total. The average molecular weight is 392 g/mol. The highest BCUT2D eigenvalue weighted by molar-refractivity contribution is 6.31. The second-order valence-corrected chi connectivity index (χ2v) is 6.97. The molecule has 2 aromatic rings. The van der Waals surface area contributed by atoms with E-state index in [9.17, 15) is 9.18 Å². The van der Waals surface area contributed by atoms with E-state index in [0.717, 1.165) is 12.8 Å². The Balaban J connectivity index is 1.67. The van der Waals surface area contributed by atoms with Crippen LogP contribution >= 0.6 is 11.6 Å². The number of carbonyl (C=O) groups excluding carboxylic acids is 1. The number of methoxy groups -OCH3 is 1. The molecule has 0 unspecified atom stereocenters. The van der Waals surface area contributed by atoms with Gasteiger partial charge in [-0.25, -0.2) is 4.39 Å².